The van der Waals surface area contributed by atoms with E-state index in [9.17, 15) is 9.59 Å². The number of carbonyl (C=O) groups excluding carboxylic acids is 2. The van der Waals surface area contributed by atoms with E-state index >= 15 is 0 Å². The normalized spacial score (nSPS) is 19.9. The van der Waals surface area contributed by atoms with Crippen LogP contribution in [0.5, 0.6) is 0 Å². The summed E-state index contributed by atoms with van der Waals surface area (Å²) in [6.07, 6.45) is 0.458. The second-order valence-electron chi connectivity index (χ2n) is 6.81. The van der Waals surface area contributed by atoms with Crippen LogP contribution in [0.15, 0.2) is 54.1 Å². The molecule has 0 saturated heterocycles. The number of rotatable bonds is 4. The van der Waals surface area contributed by atoms with Crippen LogP contribution in [0.1, 0.15) is 36.1 Å². The summed E-state index contributed by atoms with van der Waals surface area (Å²) in [4.78, 5) is 25.0. The number of esters is 1. The first-order chi connectivity index (χ1) is 11.8. The van der Waals surface area contributed by atoms with Gasteiger partial charge in [0.05, 0.1) is 0 Å². The fraction of sp³-hybridized carbons (Fsp3) is 0.273. The van der Waals surface area contributed by atoms with Crippen LogP contribution in [-0.4, -0.2) is 17.4 Å². The Bertz CT molecular complexity index is 877. The van der Waals surface area contributed by atoms with Crippen molar-refractivity contribution in [3.05, 3.63) is 76.4 Å². The average molecular weight is 334 g/mol. The van der Waals surface area contributed by atoms with E-state index < -0.39 is 11.6 Å². The molecule has 0 bridgehead atoms. The number of ketones is 1. The Morgan fingerprint density at radius 1 is 1.08 bits per heavy atom. The highest BCUT2D eigenvalue weighted by Crippen LogP contribution is 2.41. The first-order valence-corrected chi connectivity index (χ1v) is 8.42. The summed E-state index contributed by atoms with van der Waals surface area (Å²) >= 11 is 0. The molecule has 3 heteroatoms. The fourth-order valence-corrected chi connectivity index (χ4v) is 3.33. The molecule has 25 heavy (non-hydrogen) atoms. The summed E-state index contributed by atoms with van der Waals surface area (Å²) in [7, 11) is 0. The summed E-state index contributed by atoms with van der Waals surface area (Å²) in [5, 5.41) is 0. The van der Waals surface area contributed by atoms with Crippen LogP contribution >= 0.6 is 0 Å². The van der Waals surface area contributed by atoms with Crippen molar-refractivity contribution in [1.29, 1.82) is 0 Å². The molecule has 0 amide bonds. The smallest absolute Gasteiger partial charge is 0.336 e. The minimum absolute atomic E-state index is 0.171. The molecule has 0 aliphatic carbocycles. The maximum absolute atomic E-state index is 12.6. The number of carbonyl (C=O) groups is 2. The van der Waals surface area contributed by atoms with Crippen molar-refractivity contribution < 1.29 is 14.3 Å². The van der Waals surface area contributed by atoms with Gasteiger partial charge in [0.25, 0.3) is 0 Å². The van der Waals surface area contributed by atoms with Gasteiger partial charge in [0.2, 0.25) is 0 Å². The Labute approximate surface area is 148 Å². The molecule has 0 saturated carbocycles. The van der Waals surface area contributed by atoms with E-state index in [4.69, 9.17) is 4.74 Å². The lowest BCUT2D eigenvalue weighted by Crippen LogP contribution is -2.35. The molecule has 0 radical (unpaired) electrons. The number of ether oxygens (including phenoxy) is 1. The van der Waals surface area contributed by atoms with Crippen molar-refractivity contribution in [1.82, 2.24) is 0 Å². The van der Waals surface area contributed by atoms with Crippen LogP contribution in [0, 0.1) is 13.8 Å². The fourth-order valence-electron chi connectivity index (χ4n) is 3.33. The zero-order valence-electron chi connectivity index (χ0n) is 15.1. The van der Waals surface area contributed by atoms with Gasteiger partial charge in [0, 0.05) is 17.6 Å². The van der Waals surface area contributed by atoms with Gasteiger partial charge in [-0.25, -0.2) is 4.79 Å². The molecule has 1 atom stereocenters. The van der Waals surface area contributed by atoms with Crippen LogP contribution in [0.4, 0.5) is 0 Å². The summed E-state index contributed by atoms with van der Waals surface area (Å²) in [5.74, 6) is -0.576. The number of hydrogen-bond acceptors (Lipinski definition) is 3. The van der Waals surface area contributed by atoms with Crippen molar-refractivity contribution in [2.75, 3.05) is 0 Å². The van der Waals surface area contributed by atoms with E-state index in [1.807, 2.05) is 44.2 Å². The van der Waals surface area contributed by atoms with Gasteiger partial charge in [0.1, 0.15) is 0 Å². The second kappa shape index (κ2) is 6.32. The number of benzene rings is 2. The van der Waals surface area contributed by atoms with Crippen molar-refractivity contribution in [3.63, 3.8) is 0 Å². The lowest BCUT2D eigenvalue weighted by atomic mass is 9.83. The summed E-state index contributed by atoms with van der Waals surface area (Å²) in [5.41, 5.74) is 4.22. The number of hydrogen-bond donors (Lipinski definition) is 0. The van der Waals surface area contributed by atoms with Gasteiger partial charge in [-0.1, -0.05) is 54.1 Å². The zero-order valence-corrected chi connectivity index (χ0v) is 15.1. The largest absolute Gasteiger partial charge is 0.443 e. The van der Waals surface area contributed by atoms with Gasteiger partial charge in [-0.15, -0.1) is 0 Å². The van der Waals surface area contributed by atoms with Crippen LogP contribution < -0.4 is 0 Å². The Hall–Kier alpha value is -2.68. The first-order valence-electron chi connectivity index (χ1n) is 8.42. The van der Waals surface area contributed by atoms with Crippen molar-refractivity contribution >= 4 is 17.3 Å². The van der Waals surface area contributed by atoms with Crippen molar-refractivity contribution in [2.45, 2.75) is 39.7 Å². The number of cyclic esters (lactones) is 1. The summed E-state index contributed by atoms with van der Waals surface area (Å²) in [6.45, 7) is 7.22. The second-order valence-corrected chi connectivity index (χ2v) is 6.81. The van der Waals surface area contributed by atoms with E-state index in [0.29, 0.717) is 17.6 Å². The highest BCUT2D eigenvalue weighted by Gasteiger charge is 2.47. The summed E-state index contributed by atoms with van der Waals surface area (Å²) < 4.78 is 5.57. The van der Waals surface area contributed by atoms with E-state index in [2.05, 4.69) is 18.2 Å². The third-order valence-electron chi connectivity index (χ3n) is 4.93. The van der Waals surface area contributed by atoms with Gasteiger partial charge in [-0.3, -0.25) is 4.79 Å². The molecule has 1 unspecified atom stereocenters. The quantitative estimate of drug-likeness (QED) is 0.787. The predicted octanol–water partition coefficient (Wildman–Crippen LogP) is 4.20. The molecule has 1 heterocycles. The maximum atomic E-state index is 12.6. The summed E-state index contributed by atoms with van der Waals surface area (Å²) in [6, 6.07) is 15.8. The standard InChI is InChI=1S/C22H22O3/c1-14-10-11-15(2)18(12-14)13-19-20(17-8-6-5-7-9-17)22(4,16(3)23)25-21(19)24/h5-12H,13H2,1-4H3. The lowest BCUT2D eigenvalue weighted by Gasteiger charge is -2.24. The van der Waals surface area contributed by atoms with Crippen molar-refractivity contribution in [2.24, 2.45) is 0 Å². The molecule has 0 fully saturated rings. The number of Topliss-reactive ketones (excluding diaryl/α,β-unsaturated/α-hetero) is 1. The highest BCUT2D eigenvalue weighted by atomic mass is 16.6. The lowest BCUT2D eigenvalue weighted by molar-refractivity contribution is -0.152. The van der Waals surface area contributed by atoms with Gasteiger partial charge in [-0.2, -0.15) is 0 Å². The molecule has 3 rings (SSSR count). The monoisotopic (exact) mass is 334 g/mol. The van der Waals surface area contributed by atoms with E-state index in [1.54, 1.807) is 6.92 Å². The van der Waals surface area contributed by atoms with E-state index in [-0.39, 0.29) is 5.78 Å². The Morgan fingerprint density at radius 2 is 1.76 bits per heavy atom. The molecule has 1 aliphatic rings. The Kier molecular flexibility index (Phi) is 4.34. The van der Waals surface area contributed by atoms with Crippen LogP contribution in [0.3, 0.4) is 0 Å². The van der Waals surface area contributed by atoms with Gasteiger partial charge < -0.3 is 4.74 Å². The number of aryl methyl sites for hydroxylation is 2. The van der Waals surface area contributed by atoms with E-state index in [0.717, 1.165) is 22.3 Å². The molecule has 2 aromatic rings. The topological polar surface area (TPSA) is 43.4 Å². The van der Waals surface area contributed by atoms with Crippen molar-refractivity contribution in [3.8, 4) is 0 Å². The van der Waals surface area contributed by atoms with Crippen LogP contribution in [0.2, 0.25) is 0 Å². The Balaban J connectivity index is 2.19. The Morgan fingerprint density at radius 3 is 2.40 bits per heavy atom. The predicted molar refractivity (Wildman–Crippen MR) is 98.2 cm³/mol. The molecule has 128 valence electrons. The third-order valence-corrected chi connectivity index (χ3v) is 4.93. The molecular weight excluding hydrogens is 312 g/mol. The van der Waals surface area contributed by atoms with Gasteiger partial charge in [0.15, 0.2) is 11.4 Å². The SMILES string of the molecule is CC(=O)C1(C)OC(=O)C(Cc2cc(C)ccc2C)=C1c1ccccc1. The molecule has 0 aromatic heterocycles. The third kappa shape index (κ3) is 3.02. The molecule has 3 nitrogen and oxygen atoms in total. The highest BCUT2D eigenvalue weighted by molar-refractivity contribution is 6.13. The molecular formula is C22H22O3. The van der Waals surface area contributed by atoms with Gasteiger partial charge in [-0.05, 0) is 44.4 Å². The minimum Gasteiger partial charge on any atom is -0.443 e. The molecule has 0 spiro atoms. The molecule has 2 aromatic carbocycles. The molecule has 0 N–H and O–H groups in total. The van der Waals surface area contributed by atoms with Crippen LogP contribution in [-0.2, 0) is 20.7 Å². The first kappa shape index (κ1) is 17.2. The van der Waals surface area contributed by atoms with Gasteiger partial charge >= 0.3 is 5.97 Å². The maximum Gasteiger partial charge on any atom is 0.336 e. The average Bonchev–Trinajstić information content (AvgIpc) is 2.83. The minimum atomic E-state index is -1.23. The van der Waals surface area contributed by atoms with E-state index in [1.165, 1.54) is 6.92 Å². The zero-order chi connectivity index (χ0) is 18.2. The van der Waals surface area contributed by atoms with Crippen LogP contribution in [0.25, 0.3) is 5.57 Å². The molecule has 1 aliphatic heterocycles.